The molecule has 0 aliphatic heterocycles. The maximum atomic E-state index is 12.6. The van der Waals surface area contributed by atoms with Gasteiger partial charge in [0.25, 0.3) is 0 Å². The van der Waals surface area contributed by atoms with Crippen LogP contribution in [0, 0.1) is 13.8 Å². The van der Waals surface area contributed by atoms with Crippen LogP contribution in [0.15, 0.2) is 58.3 Å². The van der Waals surface area contributed by atoms with Crippen molar-refractivity contribution >= 4 is 23.5 Å². The van der Waals surface area contributed by atoms with E-state index in [2.05, 4.69) is 20.6 Å². The third-order valence-corrected chi connectivity index (χ3v) is 5.45. The van der Waals surface area contributed by atoms with Crippen LogP contribution < -0.4 is 5.32 Å². The Balaban J connectivity index is 1.46. The number of amides is 1. The molecule has 154 valence electrons. The fourth-order valence-electron chi connectivity index (χ4n) is 3.05. The summed E-state index contributed by atoms with van der Waals surface area (Å²) in [5.41, 5.74) is 2.89. The quantitative estimate of drug-likeness (QED) is 0.451. The van der Waals surface area contributed by atoms with Crippen molar-refractivity contribution in [3.05, 3.63) is 60.0 Å². The number of hydrogen-bond donors (Lipinski definition) is 1. The first-order valence-corrected chi connectivity index (χ1v) is 10.6. The summed E-state index contributed by atoms with van der Waals surface area (Å²) in [6.45, 7) is 6.61. The van der Waals surface area contributed by atoms with Crippen LogP contribution >= 0.6 is 11.8 Å². The fourth-order valence-corrected chi connectivity index (χ4v) is 3.85. The molecule has 0 saturated heterocycles. The Kier molecular flexibility index (Phi) is 5.71. The number of aryl methyl sites for hydroxylation is 2. The van der Waals surface area contributed by atoms with Gasteiger partial charge in [-0.25, -0.2) is 4.68 Å². The van der Waals surface area contributed by atoms with Gasteiger partial charge in [0.1, 0.15) is 5.82 Å². The van der Waals surface area contributed by atoms with Gasteiger partial charge in [0.05, 0.1) is 23.4 Å². The number of aromatic nitrogens is 5. The standard InChI is InChI=1S/C21H22N6O2S/c1-4-26-20(17-6-5-11-29-17)23-24-21(26)30-13-19(28)22-18-12-15(3)25-27(18)16-9-7-14(2)8-10-16/h5-12H,4,13H2,1-3H3,(H,22,28). The highest BCUT2D eigenvalue weighted by atomic mass is 32.2. The fraction of sp³-hybridized carbons (Fsp3) is 0.238. The zero-order chi connectivity index (χ0) is 21.1. The van der Waals surface area contributed by atoms with Crippen molar-refractivity contribution in [3.8, 4) is 17.3 Å². The molecule has 0 spiro atoms. The number of hydrogen-bond acceptors (Lipinski definition) is 6. The van der Waals surface area contributed by atoms with Crippen molar-refractivity contribution in [1.82, 2.24) is 24.5 Å². The molecule has 30 heavy (non-hydrogen) atoms. The van der Waals surface area contributed by atoms with Crippen molar-refractivity contribution in [2.24, 2.45) is 0 Å². The number of carbonyl (C=O) groups is 1. The van der Waals surface area contributed by atoms with Gasteiger partial charge in [-0.15, -0.1) is 10.2 Å². The van der Waals surface area contributed by atoms with E-state index in [0.29, 0.717) is 29.1 Å². The average Bonchev–Trinajstić information content (AvgIpc) is 3.46. The Morgan fingerprint density at radius 1 is 1.17 bits per heavy atom. The summed E-state index contributed by atoms with van der Waals surface area (Å²) < 4.78 is 9.09. The minimum absolute atomic E-state index is 0.140. The second-order valence-corrected chi connectivity index (χ2v) is 7.73. The highest BCUT2D eigenvalue weighted by Crippen LogP contribution is 2.24. The third-order valence-electron chi connectivity index (χ3n) is 4.48. The van der Waals surface area contributed by atoms with Crippen LogP contribution in [0.5, 0.6) is 0 Å². The molecule has 1 aromatic carbocycles. The van der Waals surface area contributed by atoms with Gasteiger partial charge in [-0.05, 0) is 45.0 Å². The van der Waals surface area contributed by atoms with Gasteiger partial charge in [0, 0.05) is 12.6 Å². The summed E-state index contributed by atoms with van der Waals surface area (Å²) >= 11 is 1.33. The molecule has 9 heteroatoms. The Bertz CT molecular complexity index is 1150. The Hall–Kier alpha value is -3.33. The molecule has 0 bridgehead atoms. The molecule has 0 saturated carbocycles. The van der Waals surface area contributed by atoms with Gasteiger partial charge >= 0.3 is 0 Å². The lowest BCUT2D eigenvalue weighted by molar-refractivity contribution is -0.113. The van der Waals surface area contributed by atoms with E-state index < -0.39 is 0 Å². The average molecular weight is 423 g/mol. The maximum absolute atomic E-state index is 12.6. The molecule has 8 nitrogen and oxygen atoms in total. The number of nitrogens with zero attached hydrogens (tertiary/aromatic N) is 5. The van der Waals surface area contributed by atoms with Crippen molar-refractivity contribution in [2.45, 2.75) is 32.5 Å². The number of furan rings is 1. The van der Waals surface area contributed by atoms with E-state index in [0.717, 1.165) is 11.4 Å². The molecule has 1 amide bonds. The molecule has 4 aromatic rings. The summed E-state index contributed by atoms with van der Waals surface area (Å²) in [6, 6.07) is 13.5. The molecule has 0 aliphatic rings. The molecule has 4 rings (SSSR count). The van der Waals surface area contributed by atoms with Crippen LogP contribution in [-0.4, -0.2) is 36.2 Å². The van der Waals surface area contributed by atoms with Crippen LogP contribution in [0.3, 0.4) is 0 Å². The minimum atomic E-state index is -0.140. The number of benzene rings is 1. The smallest absolute Gasteiger partial charge is 0.236 e. The normalized spacial score (nSPS) is 11.0. The van der Waals surface area contributed by atoms with Crippen LogP contribution in [0.25, 0.3) is 17.3 Å². The number of thioether (sulfide) groups is 1. The van der Waals surface area contributed by atoms with Crippen LogP contribution in [0.2, 0.25) is 0 Å². The summed E-state index contributed by atoms with van der Waals surface area (Å²) in [7, 11) is 0. The molecule has 1 N–H and O–H groups in total. The summed E-state index contributed by atoms with van der Waals surface area (Å²) in [4.78, 5) is 12.6. The van der Waals surface area contributed by atoms with E-state index in [9.17, 15) is 4.79 Å². The van der Waals surface area contributed by atoms with Crippen LogP contribution in [0.4, 0.5) is 5.82 Å². The zero-order valence-electron chi connectivity index (χ0n) is 17.0. The summed E-state index contributed by atoms with van der Waals surface area (Å²) in [5.74, 6) is 2.00. The molecular formula is C21H22N6O2S. The monoisotopic (exact) mass is 422 g/mol. The Morgan fingerprint density at radius 2 is 1.97 bits per heavy atom. The number of nitrogens with one attached hydrogen (secondary N) is 1. The first kappa shape index (κ1) is 20.0. The first-order valence-electron chi connectivity index (χ1n) is 9.58. The van der Waals surface area contributed by atoms with Crippen LogP contribution in [-0.2, 0) is 11.3 Å². The Labute approximate surface area is 178 Å². The molecule has 0 aliphatic carbocycles. The second kappa shape index (κ2) is 8.58. The topological polar surface area (TPSA) is 90.8 Å². The van der Waals surface area contributed by atoms with Gasteiger partial charge in [0.15, 0.2) is 16.7 Å². The molecule has 0 fully saturated rings. The lowest BCUT2D eigenvalue weighted by atomic mass is 10.2. The highest BCUT2D eigenvalue weighted by molar-refractivity contribution is 7.99. The first-order chi connectivity index (χ1) is 14.5. The van der Waals surface area contributed by atoms with E-state index >= 15 is 0 Å². The van der Waals surface area contributed by atoms with Crippen molar-refractivity contribution in [3.63, 3.8) is 0 Å². The number of anilines is 1. The van der Waals surface area contributed by atoms with E-state index in [4.69, 9.17) is 4.42 Å². The molecule has 3 aromatic heterocycles. The summed E-state index contributed by atoms with van der Waals surface area (Å²) in [6.07, 6.45) is 1.60. The zero-order valence-corrected chi connectivity index (χ0v) is 17.8. The lowest BCUT2D eigenvalue weighted by Crippen LogP contribution is -2.17. The largest absolute Gasteiger partial charge is 0.461 e. The van der Waals surface area contributed by atoms with Crippen molar-refractivity contribution < 1.29 is 9.21 Å². The molecular weight excluding hydrogens is 400 g/mol. The van der Waals surface area contributed by atoms with E-state index in [-0.39, 0.29) is 11.7 Å². The third kappa shape index (κ3) is 4.16. The number of rotatable bonds is 7. The second-order valence-electron chi connectivity index (χ2n) is 6.78. The maximum Gasteiger partial charge on any atom is 0.236 e. The molecule has 0 radical (unpaired) electrons. The van der Waals surface area contributed by atoms with Gasteiger partial charge in [-0.1, -0.05) is 29.5 Å². The van der Waals surface area contributed by atoms with Gasteiger partial charge < -0.3 is 9.73 Å². The molecule has 0 atom stereocenters. The van der Waals surface area contributed by atoms with Crippen molar-refractivity contribution in [2.75, 3.05) is 11.1 Å². The van der Waals surface area contributed by atoms with Gasteiger partial charge in [-0.2, -0.15) is 5.10 Å². The number of carbonyl (C=O) groups excluding carboxylic acids is 1. The summed E-state index contributed by atoms with van der Waals surface area (Å²) in [5, 5.41) is 16.5. The Morgan fingerprint density at radius 3 is 2.67 bits per heavy atom. The predicted octanol–water partition coefficient (Wildman–Crippen LogP) is 4.09. The van der Waals surface area contributed by atoms with Gasteiger partial charge in [-0.3, -0.25) is 9.36 Å². The SMILES string of the molecule is CCn1c(SCC(=O)Nc2cc(C)nn2-c2ccc(C)cc2)nnc1-c1ccco1. The minimum Gasteiger partial charge on any atom is -0.461 e. The van der Waals surface area contributed by atoms with Gasteiger partial charge in [0.2, 0.25) is 5.91 Å². The van der Waals surface area contributed by atoms with E-state index in [1.807, 2.05) is 67.8 Å². The van der Waals surface area contributed by atoms with Crippen molar-refractivity contribution in [1.29, 1.82) is 0 Å². The van der Waals surface area contributed by atoms with Crippen LogP contribution in [0.1, 0.15) is 18.2 Å². The molecule has 3 heterocycles. The van der Waals surface area contributed by atoms with E-state index in [1.165, 1.54) is 17.3 Å². The van der Waals surface area contributed by atoms with E-state index in [1.54, 1.807) is 10.9 Å². The molecule has 0 unspecified atom stereocenters. The highest BCUT2D eigenvalue weighted by Gasteiger charge is 2.17. The predicted molar refractivity (Wildman–Crippen MR) is 116 cm³/mol. The lowest BCUT2D eigenvalue weighted by Gasteiger charge is -2.09.